The molecule has 20 heavy (non-hydrogen) atoms. The number of rotatable bonds is 5. The zero-order chi connectivity index (χ0) is 15.5. The summed E-state index contributed by atoms with van der Waals surface area (Å²) in [6.45, 7) is 7.66. The van der Waals surface area contributed by atoms with Gasteiger partial charge in [-0.15, -0.1) is 0 Å². The van der Waals surface area contributed by atoms with Gasteiger partial charge in [-0.05, 0) is 25.8 Å². The van der Waals surface area contributed by atoms with Crippen molar-refractivity contribution in [3.05, 3.63) is 39.4 Å². The number of carbonyl (C=O) groups is 1. The number of nitro benzene ring substituents is 1. The molecule has 6 nitrogen and oxygen atoms in total. The van der Waals surface area contributed by atoms with Crippen molar-refractivity contribution in [3.63, 3.8) is 0 Å². The lowest BCUT2D eigenvalue weighted by molar-refractivity contribution is -0.385. The summed E-state index contributed by atoms with van der Waals surface area (Å²) in [6, 6.07) is 4.47. The van der Waals surface area contributed by atoms with E-state index in [9.17, 15) is 14.9 Å². The highest BCUT2D eigenvalue weighted by molar-refractivity contribution is 5.97. The molecular formula is C14H21N3O3. The summed E-state index contributed by atoms with van der Waals surface area (Å²) in [5.41, 5.74) is 5.79. The quantitative estimate of drug-likeness (QED) is 0.636. The summed E-state index contributed by atoms with van der Waals surface area (Å²) in [5, 5.41) is 13.8. The summed E-state index contributed by atoms with van der Waals surface area (Å²) < 4.78 is 0. The minimum absolute atomic E-state index is 0.0587. The van der Waals surface area contributed by atoms with E-state index in [1.54, 1.807) is 13.0 Å². The zero-order valence-corrected chi connectivity index (χ0v) is 12.3. The van der Waals surface area contributed by atoms with Crippen LogP contribution in [0.4, 0.5) is 5.69 Å². The van der Waals surface area contributed by atoms with Crippen LogP contribution in [0.3, 0.4) is 0 Å². The van der Waals surface area contributed by atoms with E-state index < -0.39 is 10.5 Å². The number of nitrogens with one attached hydrogen (secondary N) is 1. The van der Waals surface area contributed by atoms with Gasteiger partial charge in [0.15, 0.2) is 0 Å². The fourth-order valence-electron chi connectivity index (χ4n) is 1.82. The molecule has 0 aliphatic heterocycles. The zero-order valence-electron chi connectivity index (χ0n) is 12.3. The monoisotopic (exact) mass is 279 g/mol. The van der Waals surface area contributed by atoms with Crippen molar-refractivity contribution in [2.24, 2.45) is 11.7 Å². The lowest BCUT2D eigenvalue weighted by Gasteiger charge is -2.33. The van der Waals surface area contributed by atoms with Gasteiger partial charge in [0.05, 0.1) is 10.5 Å². The van der Waals surface area contributed by atoms with Gasteiger partial charge in [-0.1, -0.05) is 19.9 Å². The molecule has 0 bridgehead atoms. The second-order valence-electron chi connectivity index (χ2n) is 5.44. The lowest BCUT2D eigenvalue weighted by atomic mass is 9.88. The molecule has 1 amide bonds. The third-order valence-corrected chi connectivity index (χ3v) is 3.84. The van der Waals surface area contributed by atoms with E-state index in [0.717, 1.165) is 0 Å². The van der Waals surface area contributed by atoms with E-state index in [0.29, 0.717) is 17.7 Å². The highest BCUT2D eigenvalue weighted by atomic mass is 16.6. The van der Waals surface area contributed by atoms with Gasteiger partial charge in [0.2, 0.25) is 0 Å². The van der Waals surface area contributed by atoms with Gasteiger partial charge in [0.25, 0.3) is 11.6 Å². The van der Waals surface area contributed by atoms with Crippen molar-refractivity contribution in [1.29, 1.82) is 0 Å². The summed E-state index contributed by atoms with van der Waals surface area (Å²) in [6.07, 6.45) is 0. The molecule has 0 aliphatic rings. The molecule has 6 heteroatoms. The van der Waals surface area contributed by atoms with E-state index in [1.807, 2.05) is 20.8 Å². The fraction of sp³-hybridized carbons (Fsp3) is 0.500. The first-order valence-electron chi connectivity index (χ1n) is 6.49. The number of benzene rings is 1. The predicted molar refractivity (Wildman–Crippen MR) is 77.6 cm³/mol. The van der Waals surface area contributed by atoms with Crippen molar-refractivity contribution in [2.45, 2.75) is 33.2 Å². The fourth-order valence-corrected chi connectivity index (χ4v) is 1.82. The Bertz CT molecular complexity index is 528. The summed E-state index contributed by atoms with van der Waals surface area (Å²) in [7, 11) is 0. The van der Waals surface area contributed by atoms with Crippen molar-refractivity contribution >= 4 is 11.6 Å². The number of hydrogen-bond acceptors (Lipinski definition) is 4. The third-order valence-electron chi connectivity index (χ3n) is 3.84. The smallest absolute Gasteiger partial charge is 0.273 e. The maximum Gasteiger partial charge on any atom is 0.273 e. The molecule has 110 valence electrons. The minimum Gasteiger partial charge on any atom is -0.345 e. The van der Waals surface area contributed by atoms with Crippen LogP contribution in [0.25, 0.3) is 0 Å². The Kier molecular flexibility index (Phi) is 4.83. The van der Waals surface area contributed by atoms with E-state index >= 15 is 0 Å². The van der Waals surface area contributed by atoms with Crippen molar-refractivity contribution in [3.8, 4) is 0 Å². The van der Waals surface area contributed by atoms with Gasteiger partial charge < -0.3 is 11.1 Å². The van der Waals surface area contributed by atoms with E-state index in [4.69, 9.17) is 5.73 Å². The van der Waals surface area contributed by atoms with Gasteiger partial charge in [-0.2, -0.15) is 0 Å². The van der Waals surface area contributed by atoms with Crippen LogP contribution in [0.1, 0.15) is 36.7 Å². The number of nitro groups is 1. The molecule has 0 radical (unpaired) electrons. The lowest BCUT2D eigenvalue weighted by Crippen LogP contribution is -2.55. The number of carbonyl (C=O) groups excluding carboxylic acids is 1. The van der Waals surface area contributed by atoms with Crippen molar-refractivity contribution in [1.82, 2.24) is 5.32 Å². The molecule has 1 rings (SSSR count). The van der Waals surface area contributed by atoms with Crippen LogP contribution < -0.4 is 11.1 Å². The van der Waals surface area contributed by atoms with Crippen LogP contribution in [0.15, 0.2) is 18.2 Å². The molecule has 0 aliphatic carbocycles. The Morgan fingerprint density at radius 1 is 1.50 bits per heavy atom. The molecule has 1 aromatic rings. The Hall–Kier alpha value is -1.95. The molecule has 0 fully saturated rings. The molecule has 0 heterocycles. The van der Waals surface area contributed by atoms with Crippen LogP contribution in [-0.2, 0) is 0 Å². The van der Waals surface area contributed by atoms with Gasteiger partial charge >= 0.3 is 0 Å². The molecule has 1 aromatic carbocycles. The Balaban J connectivity index is 3.11. The highest BCUT2D eigenvalue weighted by Crippen LogP contribution is 2.22. The Labute approximate surface area is 118 Å². The number of nitrogens with two attached hydrogens (primary N) is 1. The topological polar surface area (TPSA) is 98.3 Å². The van der Waals surface area contributed by atoms with Crippen LogP contribution in [0.2, 0.25) is 0 Å². The minimum atomic E-state index is -0.547. The standard InChI is InChI=1S/C14H21N3O3/c1-9(2)14(4,8-15)16-13(18)11-6-5-7-12(10(11)3)17(19)20/h5-7,9H,8,15H2,1-4H3,(H,16,18). The first-order valence-corrected chi connectivity index (χ1v) is 6.49. The molecule has 1 atom stereocenters. The predicted octanol–water partition coefficient (Wildman–Crippen LogP) is 2.01. The molecule has 0 spiro atoms. The molecule has 0 saturated heterocycles. The van der Waals surface area contributed by atoms with Crippen LogP contribution >= 0.6 is 0 Å². The number of nitrogens with zero attached hydrogens (tertiary/aromatic N) is 1. The van der Waals surface area contributed by atoms with Crippen LogP contribution in [-0.4, -0.2) is 22.9 Å². The maximum atomic E-state index is 12.3. The molecule has 3 N–H and O–H groups in total. The summed E-state index contributed by atoms with van der Waals surface area (Å²) in [5.74, 6) is -0.191. The number of hydrogen-bond donors (Lipinski definition) is 2. The molecule has 1 unspecified atom stereocenters. The third kappa shape index (κ3) is 3.14. The largest absolute Gasteiger partial charge is 0.345 e. The first-order chi connectivity index (χ1) is 9.23. The van der Waals surface area contributed by atoms with Crippen molar-refractivity contribution < 1.29 is 9.72 Å². The summed E-state index contributed by atoms with van der Waals surface area (Å²) >= 11 is 0. The molecular weight excluding hydrogens is 258 g/mol. The molecule has 0 aromatic heterocycles. The average Bonchev–Trinajstić information content (AvgIpc) is 2.37. The SMILES string of the molecule is Cc1c(C(=O)NC(C)(CN)C(C)C)cccc1[N+](=O)[O-]. The van der Waals surface area contributed by atoms with Crippen LogP contribution in [0, 0.1) is 23.0 Å². The van der Waals surface area contributed by atoms with E-state index in [1.165, 1.54) is 12.1 Å². The average molecular weight is 279 g/mol. The second kappa shape index (κ2) is 6.00. The van der Waals surface area contributed by atoms with Gasteiger partial charge in [-0.25, -0.2) is 0 Å². The Morgan fingerprint density at radius 2 is 2.10 bits per heavy atom. The van der Waals surface area contributed by atoms with E-state index in [2.05, 4.69) is 5.32 Å². The summed E-state index contributed by atoms with van der Waals surface area (Å²) in [4.78, 5) is 22.7. The van der Waals surface area contributed by atoms with E-state index in [-0.39, 0.29) is 17.5 Å². The highest BCUT2D eigenvalue weighted by Gasteiger charge is 2.30. The Morgan fingerprint density at radius 3 is 2.55 bits per heavy atom. The van der Waals surface area contributed by atoms with Crippen molar-refractivity contribution in [2.75, 3.05) is 6.54 Å². The molecule has 0 saturated carbocycles. The van der Waals surface area contributed by atoms with Crippen LogP contribution in [0.5, 0.6) is 0 Å². The van der Waals surface area contributed by atoms with Gasteiger partial charge in [0.1, 0.15) is 0 Å². The first kappa shape index (κ1) is 16.1. The normalized spacial score (nSPS) is 13.9. The second-order valence-corrected chi connectivity index (χ2v) is 5.44. The van der Waals surface area contributed by atoms with Gasteiger partial charge in [-0.3, -0.25) is 14.9 Å². The van der Waals surface area contributed by atoms with Gasteiger partial charge in [0, 0.05) is 23.7 Å². The number of amides is 1. The maximum absolute atomic E-state index is 12.3.